The summed E-state index contributed by atoms with van der Waals surface area (Å²) in [6, 6.07) is 0.0638. The molecule has 0 heterocycles. The zero-order chi connectivity index (χ0) is 12.3. The third kappa shape index (κ3) is 4.00. The summed E-state index contributed by atoms with van der Waals surface area (Å²) in [5.74, 6) is 0.837. The lowest BCUT2D eigenvalue weighted by Gasteiger charge is -2.25. The van der Waals surface area contributed by atoms with Crippen LogP contribution in [0.4, 0.5) is 4.79 Å². The summed E-state index contributed by atoms with van der Waals surface area (Å²) in [4.78, 5) is 13.3. The fraction of sp³-hybridized carbons (Fsp3) is 0.917. The monoisotopic (exact) mass is 228 g/mol. The highest BCUT2D eigenvalue weighted by Gasteiger charge is 2.31. The topological polar surface area (TPSA) is 52.6 Å². The van der Waals surface area contributed by atoms with Gasteiger partial charge >= 0.3 is 6.03 Å². The van der Waals surface area contributed by atoms with Gasteiger partial charge in [-0.25, -0.2) is 4.79 Å². The van der Waals surface area contributed by atoms with E-state index in [2.05, 4.69) is 19.2 Å². The molecule has 1 rings (SSSR count). The highest BCUT2D eigenvalue weighted by atomic mass is 16.3. The van der Waals surface area contributed by atoms with E-state index in [0.29, 0.717) is 18.4 Å². The molecule has 0 saturated heterocycles. The molecule has 2 N–H and O–H groups in total. The molecular weight excluding hydrogens is 204 g/mol. The molecule has 0 bridgehead atoms. The fourth-order valence-electron chi connectivity index (χ4n) is 1.47. The second-order valence-corrected chi connectivity index (χ2v) is 5.27. The van der Waals surface area contributed by atoms with Gasteiger partial charge in [0.15, 0.2) is 0 Å². The first-order valence-electron chi connectivity index (χ1n) is 6.11. The van der Waals surface area contributed by atoms with Gasteiger partial charge < -0.3 is 15.3 Å². The number of rotatable bonds is 5. The maximum absolute atomic E-state index is 11.7. The van der Waals surface area contributed by atoms with Crippen molar-refractivity contribution in [3.05, 3.63) is 0 Å². The van der Waals surface area contributed by atoms with E-state index in [1.54, 1.807) is 11.9 Å². The third-order valence-electron chi connectivity index (χ3n) is 3.32. The average Bonchev–Trinajstić information content (AvgIpc) is 3.00. The van der Waals surface area contributed by atoms with Gasteiger partial charge in [0.2, 0.25) is 0 Å². The Hall–Kier alpha value is -0.770. The van der Waals surface area contributed by atoms with Crippen molar-refractivity contribution in [3.63, 3.8) is 0 Å². The Morgan fingerprint density at radius 1 is 1.44 bits per heavy atom. The highest BCUT2D eigenvalue weighted by molar-refractivity contribution is 5.74. The summed E-state index contributed by atoms with van der Waals surface area (Å²) in [5, 5.41) is 12.6. The number of hydrogen-bond donors (Lipinski definition) is 2. The van der Waals surface area contributed by atoms with E-state index in [9.17, 15) is 9.90 Å². The molecule has 0 spiro atoms. The summed E-state index contributed by atoms with van der Waals surface area (Å²) < 4.78 is 0. The van der Waals surface area contributed by atoms with E-state index in [0.717, 1.165) is 12.8 Å². The molecule has 1 saturated carbocycles. The first kappa shape index (κ1) is 13.3. The predicted octanol–water partition coefficient (Wildman–Crippen LogP) is 1.44. The summed E-state index contributed by atoms with van der Waals surface area (Å²) in [6.45, 7) is 6.57. The third-order valence-corrected chi connectivity index (χ3v) is 3.32. The summed E-state index contributed by atoms with van der Waals surface area (Å²) in [5.41, 5.74) is 0. The first-order chi connectivity index (χ1) is 7.41. The maximum atomic E-state index is 11.7. The van der Waals surface area contributed by atoms with E-state index < -0.39 is 0 Å². The van der Waals surface area contributed by atoms with Crippen molar-refractivity contribution in [3.8, 4) is 0 Å². The number of urea groups is 1. The highest BCUT2D eigenvalue weighted by Crippen LogP contribution is 2.32. The number of amides is 2. The zero-order valence-electron chi connectivity index (χ0n) is 10.7. The molecule has 0 aromatic carbocycles. The number of carbonyl (C=O) groups is 1. The van der Waals surface area contributed by atoms with Crippen LogP contribution in [0.15, 0.2) is 0 Å². The first-order valence-corrected chi connectivity index (χ1v) is 6.11. The lowest BCUT2D eigenvalue weighted by Crippen LogP contribution is -2.46. The predicted molar refractivity (Wildman–Crippen MR) is 64.2 cm³/mol. The van der Waals surface area contributed by atoms with Gasteiger partial charge in [0.05, 0.1) is 6.10 Å². The van der Waals surface area contributed by atoms with Gasteiger partial charge in [0.1, 0.15) is 0 Å². The SMILES string of the molecule is CC(C)C(C)NC(=O)N(C)CC(O)C1CC1. The van der Waals surface area contributed by atoms with Gasteiger partial charge in [0, 0.05) is 19.6 Å². The Morgan fingerprint density at radius 2 is 2.00 bits per heavy atom. The molecule has 2 amide bonds. The molecule has 4 nitrogen and oxygen atoms in total. The van der Waals surface area contributed by atoms with Gasteiger partial charge in [0.25, 0.3) is 0 Å². The molecule has 0 aromatic heterocycles. The van der Waals surface area contributed by atoms with Crippen LogP contribution in [0.5, 0.6) is 0 Å². The zero-order valence-corrected chi connectivity index (χ0v) is 10.7. The molecule has 1 aliphatic carbocycles. The van der Waals surface area contributed by atoms with Crippen molar-refractivity contribution in [2.24, 2.45) is 11.8 Å². The van der Waals surface area contributed by atoms with Crippen molar-refractivity contribution < 1.29 is 9.90 Å². The molecule has 2 atom stereocenters. The van der Waals surface area contributed by atoms with E-state index in [1.807, 2.05) is 6.92 Å². The Kier molecular flexibility index (Phi) is 4.59. The van der Waals surface area contributed by atoms with Crippen LogP contribution >= 0.6 is 0 Å². The minimum Gasteiger partial charge on any atom is -0.391 e. The molecule has 0 aromatic rings. The van der Waals surface area contributed by atoms with Crippen molar-refractivity contribution in [2.45, 2.75) is 45.8 Å². The fourth-order valence-corrected chi connectivity index (χ4v) is 1.47. The summed E-state index contributed by atoms with van der Waals surface area (Å²) >= 11 is 0. The Labute approximate surface area is 98.0 Å². The van der Waals surface area contributed by atoms with E-state index >= 15 is 0 Å². The van der Waals surface area contributed by atoms with Crippen LogP contribution in [-0.4, -0.2) is 41.8 Å². The van der Waals surface area contributed by atoms with Crippen LogP contribution in [0.2, 0.25) is 0 Å². The second-order valence-electron chi connectivity index (χ2n) is 5.27. The van der Waals surface area contributed by atoms with Gasteiger partial charge in [-0.2, -0.15) is 0 Å². The van der Waals surface area contributed by atoms with Crippen molar-refractivity contribution in [2.75, 3.05) is 13.6 Å². The molecule has 0 aliphatic heterocycles. The number of aliphatic hydroxyl groups is 1. The van der Waals surface area contributed by atoms with Crippen LogP contribution in [0.3, 0.4) is 0 Å². The number of hydrogen-bond acceptors (Lipinski definition) is 2. The maximum Gasteiger partial charge on any atom is 0.317 e. The van der Waals surface area contributed by atoms with Gasteiger partial charge in [-0.05, 0) is 31.6 Å². The second kappa shape index (κ2) is 5.53. The van der Waals surface area contributed by atoms with Gasteiger partial charge in [-0.15, -0.1) is 0 Å². The minimum atomic E-state index is -0.356. The Balaban J connectivity index is 2.29. The molecule has 2 unspecified atom stereocenters. The van der Waals surface area contributed by atoms with Gasteiger partial charge in [-0.3, -0.25) is 0 Å². The summed E-state index contributed by atoms with van der Waals surface area (Å²) in [6.07, 6.45) is 1.84. The van der Waals surface area contributed by atoms with Crippen LogP contribution in [-0.2, 0) is 0 Å². The molecule has 16 heavy (non-hydrogen) atoms. The molecule has 1 fully saturated rings. The average molecular weight is 228 g/mol. The minimum absolute atomic E-state index is 0.0964. The van der Waals surface area contributed by atoms with Crippen molar-refractivity contribution in [1.29, 1.82) is 0 Å². The number of aliphatic hydroxyl groups excluding tert-OH is 1. The van der Waals surface area contributed by atoms with Crippen molar-refractivity contribution in [1.82, 2.24) is 10.2 Å². The van der Waals surface area contributed by atoms with E-state index in [1.165, 1.54) is 0 Å². The number of likely N-dealkylation sites (N-methyl/N-ethyl adjacent to an activating group) is 1. The Bertz CT molecular complexity index is 239. The molecule has 0 radical (unpaired) electrons. The normalized spacial score (nSPS) is 19.4. The smallest absolute Gasteiger partial charge is 0.317 e. The van der Waals surface area contributed by atoms with Crippen LogP contribution in [0.1, 0.15) is 33.6 Å². The molecular formula is C12H24N2O2. The number of nitrogens with zero attached hydrogens (tertiary/aromatic N) is 1. The van der Waals surface area contributed by atoms with E-state index in [-0.39, 0.29) is 18.2 Å². The quantitative estimate of drug-likeness (QED) is 0.748. The number of nitrogens with one attached hydrogen (secondary N) is 1. The van der Waals surface area contributed by atoms with E-state index in [4.69, 9.17) is 0 Å². The molecule has 94 valence electrons. The standard InChI is InChI=1S/C12H24N2O2/c1-8(2)9(3)13-12(16)14(4)7-11(15)10-5-6-10/h8-11,15H,5-7H2,1-4H3,(H,13,16). The Morgan fingerprint density at radius 3 is 2.44 bits per heavy atom. The molecule has 1 aliphatic rings. The van der Waals surface area contributed by atoms with Gasteiger partial charge in [-0.1, -0.05) is 13.8 Å². The van der Waals surface area contributed by atoms with Crippen LogP contribution < -0.4 is 5.32 Å². The molecule has 4 heteroatoms. The van der Waals surface area contributed by atoms with Crippen LogP contribution in [0, 0.1) is 11.8 Å². The largest absolute Gasteiger partial charge is 0.391 e. The summed E-state index contributed by atoms with van der Waals surface area (Å²) in [7, 11) is 1.73. The lowest BCUT2D eigenvalue weighted by molar-refractivity contribution is 0.112. The van der Waals surface area contributed by atoms with Crippen molar-refractivity contribution >= 4 is 6.03 Å². The van der Waals surface area contributed by atoms with Crippen LogP contribution in [0.25, 0.3) is 0 Å². The lowest BCUT2D eigenvalue weighted by atomic mass is 10.1. The number of carbonyl (C=O) groups excluding carboxylic acids is 1.